The van der Waals surface area contributed by atoms with Gasteiger partial charge in [-0.1, -0.05) is 18.2 Å². The number of carbonyl (C=O) groups excluding carboxylic acids is 1. The predicted octanol–water partition coefficient (Wildman–Crippen LogP) is 2.09. The van der Waals surface area contributed by atoms with Crippen molar-refractivity contribution in [3.05, 3.63) is 35.9 Å². The van der Waals surface area contributed by atoms with Crippen LogP contribution in [0.1, 0.15) is 29.6 Å². The van der Waals surface area contributed by atoms with E-state index in [0.29, 0.717) is 18.4 Å². The number of hydrogen-bond acceptors (Lipinski definition) is 5. The normalized spacial score (nSPS) is 24.7. The summed E-state index contributed by atoms with van der Waals surface area (Å²) in [6.45, 7) is 0.0194. The maximum absolute atomic E-state index is 11.9. The van der Waals surface area contributed by atoms with Crippen molar-refractivity contribution < 1.29 is 28.9 Å². The molecule has 0 amide bonds. The number of hydrogen-bond donors (Lipinski definition) is 1. The number of carboxylic acid groups (broad SMARTS) is 1. The Hall–Kier alpha value is -1.92. The average molecular weight is 308 g/mol. The van der Waals surface area contributed by atoms with Gasteiger partial charge >= 0.3 is 11.9 Å². The molecule has 0 aromatic heterocycles. The molecule has 6 heteroatoms. The third-order valence-electron chi connectivity index (χ3n) is 3.71. The first kappa shape index (κ1) is 16.5. The molecule has 1 saturated heterocycles. The maximum atomic E-state index is 11.9. The van der Waals surface area contributed by atoms with Crippen LogP contribution < -0.4 is 0 Å². The number of carboxylic acids is 1. The van der Waals surface area contributed by atoms with Gasteiger partial charge in [0.25, 0.3) is 0 Å². The molecule has 0 saturated carbocycles. The minimum absolute atomic E-state index is 0.00993. The van der Waals surface area contributed by atoms with Gasteiger partial charge in [0, 0.05) is 7.11 Å². The van der Waals surface area contributed by atoms with Crippen LogP contribution in [0.25, 0.3) is 0 Å². The Morgan fingerprint density at radius 2 is 2.00 bits per heavy atom. The van der Waals surface area contributed by atoms with E-state index in [-0.39, 0.29) is 25.2 Å². The lowest BCUT2D eigenvalue weighted by molar-refractivity contribution is -0.208. The van der Waals surface area contributed by atoms with Crippen LogP contribution in [-0.4, -0.2) is 43.2 Å². The van der Waals surface area contributed by atoms with E-state index in [2.05, 4.69) is 0 Å². The number of carbonyl (C=O) groups is 2. The molecule has 1 aromatic carbocycles. The highest BCUT2D eigenvalue weighted by Gasteiger charge is 2.33. The molecule has 6 nitrogen and oxygen atoms in total. The van der Waals surface area contributed by atoms with Crippen LogP contribution in [-0.2, 0) is 19.0 Å². The maximum Gasteiger partial charge on any atom is 0.338 e. The molecule has 0 unspecified atom stereocenters. The number of ether oxygens (including phenoxy) is 3. The minimum atomic E-state index is -0.885. The highest BCUT2D eigenvalue weighted by atomic mass is 16.7. The Morgan fingerprint density at radius 1 is 1.27 bits per heavy atom. The van der Waals surface area contributed by atoms with Crippen molar-refractivity contribution in [2.24, 2.45) is 5.92 Å². The van der Waals surface area contributed by atoms with E-state index in [1.165, 1.54) is 7.11 Å². The van der Waals surface area contributed by atoms with Crippen molar-refractivity contribution in [1.82, 2.24) is 0 Å². The van der Waals surface area contributed by atoms with Crippen LogP contribution in [0.3, 0.4) is 0 Å². The lowest BCUT2D eigenvalue weighted by Crippen LogP contribution is -2.40. The second-order valence-electron chi connectivity index (χ2n) is 5.24. The molecule has 1 aromatic rings. The quantitative estimate of drug-likeness (QED) is 0.810. The van der Waals surface area contributed by atoms with Crippen molar-refractivity contribution >= 4 is 11.9 Å². The topological polar surface area (TPSA) is 82.1 Å². The van der Waals surface area contributed by atoms with Gasteiger partial charge in [0.05, 0.1) is 18.1 Å². The lowest BCUT2D eigenvalue weighted by atomic mass is 9.91. The summed E-state index contributed by atoms with van der Waals surface area (Å²) in [6.07, 6.45) is 0.438. The summed E-state index contributed by atoms with van der Waals surface area (Å²) in [5.41, 5.74) is 0.455. The van der Waals surface area contributed by atoms with E-state index in [1.807, 2.05) is 6.07 Å². The second-order valence-corrected chi connectivity index (χ2v) is 5.24. The summed E-state index contributed by atoms with van der Waals surface area (Å²) < 4.78 is 16.1. The zero-order valence-corrected chi connectivity index (χ0v) is 12.4. The van der Waals surface area contributed by atoms with Gasteiger partial charge in [0.15, 0.2) is 6.29 Å². The molecule has 0 bridgehead atoms. The van der Waals surface area contributed by atoms with Crippen molar-refractivity contribution in [2.45, 2.75) is 31.7 Å². The summed E-state index contributed by atoms with van der Waals surface area (Å²) in [7, 11) is 1.54. The molecule has 22 heavy (non-hydrogen) atoms. The van der Waals surface area contributed by atoms with Crippen LogP contribution >= 0.6 is 0 Å². The van der Waals surface area contributed by atoms with Gasteiger partial charge in [0.2, 0.25) is 0 Å². The van der Waals surface area contributed by atoms with Crippen LogP contribution in [0.15, 0.2) is 30.3 Å². The van der Waals surface area contributed by atoms with Crippen molar-refractivity contribution in [1.29, 1.82) is 0 Å². The number of benzene rings is 1. The molecule has 1 heterocycles. The van der Waals surface area contributed by atoms with Crippen molar-refractivity contribution in [3.63, 3.8) is 0 Å². The average Bonchev–Trinajstić information content (AvgIpc) is 2.54. The molecule has 1 aliphatic heterocycles. The molecule has 0 aliphatic carbocycles. The van der Waals surface area contributed by atoms with E-state index < -0.39 is 18.0 Å². The molecular formula is C16H20O6. The molecule has 1 aliphatic rings. The third kappa shape index (κ3) is 4.54. The van der Waals surface area contributed by atoms with E-state index >= 15 is 0 Å². The van der Waals surface area contributed by atoms with Crippen LogP contribution in [0.5, 0.6) is 0 Å². The first-order valence-corrected chi connectivity index (χ1v) is 7.22. The van der Waals surface area contributed by atoms with Gasteiger partial charge in [-0.2, -0.15) is 0 Å². The van der Waals surface area contributed by atoms with E-state index in [4.69, 9.17) is 19.3 Å². The predicted molar refractivity (Wildman–Crippen MR) is 77.4 cm³/mol. The van der Waals surface area contributed by atoms with Gasteiger partial charge in [-0.05, 0) is 30.9 Å². The number of methoxy groups -OCH3 is 1. The Bertz CT molecular complexity index is 501. The van der Waals surface area contributed by atoms with E-state index in [0.717, 1.165) is 0 Å². The largest absolute Gasteiger partial charge is 0.481 e. The molecule has 0 spiro atoms. The second kappa shape index (κ2) is 7.91. The molecule has 1 N–H and O–H groups in total. The summed E-state index contributed by atoms with van der Waals surface area (Å²) in [5, 5.41) is 8.97. The van der Waals surface area contributed by atoms with Gasteiger partial charge in [-0.15, -0.1) is 0 Å². The monoisotopic (exact) mass is 308 g/mol. The molecule has 1 fully saturated rings. The van der Waals surface area contributed by atoms with E-state index in [9.17, 15) is 9.59 Å². The Morgan fingerprint density at radius 3 is 2.64 bits per heavy atom. The van der Waals surface area contributed by atoms with E-state index in [1.54, 1.807) is 24.3 Å². The minimum Gasteiger partial charge on any atom is -0.481 e. The Kier molecular flexibility index (Phi) is 5.91. The molecule has 3 atom stereocenters. The summed E-state index contributed by atoms with van der Waals surface area (Å²) in [6, 6.07) is 8.64. The van der Waals surface area contributed by atoms with Crippen LogP contribution in [0.4, 0.5) is 0 Å². The Labute approximate surface area is 129 Å². The lowest BCUT2D eigenvalue weighted by Gasteiger charge is -2.34. The molecule has 120 valence electrons. The van der Waals surface area contributed by atoms with Crippen LogP contribution in [0, 0.1) is 5.92 Å². The number of esters is 1. The van der Waals surface area contributed by atoms with Gasteiger partial charge in [-0.25, -0.2) is 4.79 Å². The van der Waals surface area contributed by atoms with Crippen molar-refractivity contribution in [3.8, 4) is 0 Å². The van der Waals surface area contributed by atoms with Gasteiger partial charge in [0.1, 0.15) is 6.61 Å². The molecule has 2 rings (SSSR count). The standard InChI is InChI=1S/C16H20O6/c1-20-15-8-7-12(9-14(17)18)13(22-15)10-21-16(19)11-5-3-2-4-6-11/h2-6,12-13,15H,7-10H2,1H3,(H,17,18)/t12-,13-,15-/m1/s1. The van der Waals surface area contributed by atoms with Gasteiger partial charge < -0.3 is 19.3 Å². The molecular weight excluding hydrogens is 288 g/mol. The number of aliphatic carboxylic acids is 1. The summed E-state index contributed by atoms with van der Waals surface area (Å²) >= 11 is 0. The SMILES string of the molecule is CO[C@H]1CC[C@H](CC(=O)O)[C@@H](COC(=O)c2ccccc2)O1. The zero-order valence-electron chi connectivity index (χ0n) is 12.4. The summed E-state index contributed by atoms with van der Waals surface area (Å²) in [5.74, 6) is -1.52. The number of rotatable bonds is 6. The smallest absolute Gasteiger partial charge is 0.338 e. The fourth-order valence-corrected chi connectivity index (χ4v) is 2.53. The third-order valence-corrected chi connectivity index (χ3v) is 3.71. The molecule has 0 radical (unpaired) electrons. The fraction of sp³-hybridized carbons (Fsp3) is 0.500. The highest BCUT2D eigenvalue weighted by molar-refractivity contribution is 5.89. The van der Waals surface area contributed by atoms with Gasteiger partial charge in [-0.3, -0.25) is 4.79 Å². The first-order chi connectivity index (χ1) is 10.6. The van der Waals surface area contributed by atoms with Crippen molar-refractivity contribution in [2.75, 3.05) is 13.7 Å². The first-order valence-electron chi connectivity index (χ1n) is 7.22. The highest BCUT2D eigenvalue weighted by Crippen LogP contribution is 2.28. The Balaban J connectivity index is 1.94. The fourth-order valence-electron chi connectivity index (χ4n) is 2.53. The van der Waals surface area contributed by atoms with Crippen LogP contribution in [0.2, 0.25) is 0 Å². The zero-order chi connectivity index (χ0) is 15.9. The summed E-state index contributed by atoms with van der Waals surface area (Å²) in [4.78, 5) is 22.9.